The number of aromatic nitrogens is 2. The molecule has 4 N–H and O–H groups in total. The van der Waals surface area contributed by atoms with E-state index in [4.69, 9.17) is 10.9 Å². The van der Waals surface area contributed by atoms with Gasteiger partial charge in [-0.25, -0.2) is 10.8 Å². The topological polar surface area (TPSA) is 90.5 Å². The molecule has 0 unspecified atom stereocenters. The van der Waals surface area contributed by atoms with Gasteiger partial charge in [-0.3, -0.25) is 10.3 Å². The van der Waals surface area contributed by atoms with Crippen molar-refractivity contribution in [2.45, 2.75) is 0 Å². The fraction of sp³-hybridized carbons (Fsp3) is 0.500. The van der Waals surface area contributed by atoms with E-state index < -0.39 is 0 Å². The molecule has 8 heteroatoms. The van der Waals surface area contributed by atoms with E-state index in [1.165, 1.54) is 0 Å². The standard InChI is InChI=1S/C12H18N6OS/c13-16-12-14-10(9-1-8-20-11(9)15-12)18-4-2-17(3-5-18)6-7-19/h1,8,19H,2-7,13H2,(H,14,15,16). The number of aliphatic hydroxyl groups is 1. The Morgan fingerprint density at radius 3 is 2.80 bits per heavy atom. The molecule has 0 aliphatic carbocycles. The van der Waals surface area contributed by atoms with Gasteiger partial charge in [0.05, 0.1) is 12.0 Å². The number of piperazine rings is 1. The van der Waals surface area contributed by atoms with E-state index in [-0.39, 0.29) is 6.61 Å². The summed E-state index contributed by atoms with van der Waals surface area (Å²) in [5.41, 5.74) is 2.53. The zero-order valence-corrected chi connectivity index (χ0v) is 11.9. The first-order chi connectivity index (χ1) is 9.81. The number of thiophene rings is 1. The number of hydrazine groups is 1. The third-order valence-corrected chi connectivity index (χ3v) is 4.33. The average Bonchev–Trinajstić information content (AvgIpc) is 2.95. The maximum absolute atomic E-state index is 8.99. The fourth-order valence-corrected chi connectivity index (χ4v) is 3.23. The number of nitrogens with one attached hydrogen (secondary N) is 1. The van der Waals surface area contributed by atoms with Gasteiger partial charge in [-0.15, -0.1) is 11.3 Å². The molecule has 3 heterocycles. The van der Waals surface area contributed by atoms with Crippen molar-refractivity contribution in [3.8, 4) is 0 Å². The Morgan fingerprint density at radius 1 is 1.30 bits per heavy atom. The van der Waals surface area contributed by atoms with Crippen LogP contribution in [0.3, 0.4) is 0 Å². The molecular weight excluding hydrogens is 276 g/mol. The van der Waals surface area contributed by atoms with Gasteiger partial charge in [0.25, 0.3) is 0 Å². The van der Waals surface area contributed by atoms with Gasteiger partial charge in [-0.1, -0.05) is 0 Å². The smallest absolute Gasteiger partial charge is 0.240 e. The van der Waals surface area contributed by atoms with E-state index in [0.717, 1.165) is 48.8 Å². The number of nitrogens with zero attached hydrogens (tertiary/aromatic N) is 4. The van der Waals surface area contributed by atoms with Crippen molar-refractivity contribution in [2.24, 2.45) is 5.84 Å². The normalized spacial score (nSPS) is 16.8. The number of nitrogens with two attached hydrogens (primary N) is 1. The van der Waals surface area contributed by atoms with E-state index in [9.17, 15) is 0 Å². The Morgan fingerprint density at radius 2 is 2.10 bits per heavy atom. The molecule has 0 saturated carbocycles. The van der Waals surface area contributed by atoms with Crippen LogP contribution in [-0.4, -0.2) is 59.3 Å². The van der Waals surface area contributed by atoms with Gasteiger partial charge < -0.3 is 10.0 Å². The number of hydrogen-bond acceptors (Lipinski definition) is 8. The van der Waals surface area contributed by atoms with Crippen molar-refractivity contribution in [2.75, 3.05) is 49.7 Å². The van der Waals surface area contributed by atoms with Crippen molar-refractivity contribution < 1.29 is 5.11 Å². The molecule has 0 bridgehead atoms. The van der Waals surface area contributed by atoms with Gasteiger partial charge in [-0.05, 0) is 11.4 Å². The third kappa shape index (κ3) is 2.55. The second-order valence-corrected chi connectivity index (χ2v) is 5.60. The minimum absolute atomic E-state index is 0.212. The van der Waals surface area contributed by atoms with E-state index in [1.807, 2.05) is 5.38 Å². The Bertz CT molecular complexity index is 580. The van der Waals surface area contributed by atoms with Crippen molar-refractivity contribution in [1.29, 1.82) is 0 Å². The van der Waals surface area contributed by atoms with Crippen molar-refractivity contribution in [1.82, 2.24) is 14.9 Å². The predicted molar refractivity (Wildman–Crippen MR) is 81.0 cm³/mol. The summed E-state index contributed by atoms with van der Waals surface area (Å²) in [7, 11) is 0. The van der Waals surface area contributed by atoms with E-state index in [1.54, 1.807) is 11.3 Å². The van der Waals surface area contributed by atoms with Crippen LogP contribution in [0.15, 0.2) is 11.4 Å². The van der Waals surface area contributed by atoms with E-state index >= 15 is 0 Å². The predicted octanol–water partition coefficient (Wildman–Crippen LogP) is 0.0912. The Labute approximate surface area is 121 Å². The van der Waals surface area contributed by atoms with E-state index in [2.05, 4.69) is 31.3 Å². The fourth-order valence-electron chi connectivity index (χ4n) is 2.47. The summed E-state index contributed by atoms with van der Waals surface area (Å²) in [6.07, 6.45) is 0. The second-order valence-electron chi connectivity index (χ2n) is 4.71. The number of aliphatic hydroxyl groups excluding tert-OH is 1. The highest BCUT2D eigenvalue weighted by atomic mass is 32.1. The molecular formula is C12H18N6OS. The molecule has 7 nitrogen and oxygen atoms in total. The van der Waals surface area contributed by atoms with Crippen molar-refractivity contribution in [3.05, 3.63) is 11.4 Å². The van der Waals surface area contributed by atoms with Gasteiger partial charge in [-0.2, -0.15) is 4.98 Å². The number of hydrogen-bond donors (Lipinski definition) is 3. The largest absolute Gasteiger partial charge is 0.395 e. The van der Waals surface area contributed by atoms with Gasteiger partial charge in [0.1, 0.15) is 10.6 Å². The third-order valence-electron chi connectivity index (χ3n) is 3.52. The second kappa shape index (κ2) is 5.88. The molecule has 0 amide bonds. The van der Waals surface area contributed by atoms with Gasteiger partial charge >= 0.3 is 0 Å². The number of anilines is 2. The molecule has 0 atom stereocenters. The number of fused-ring (bicyclic) bond motifs is 1. The maximum Gasteiger partial charge on any atom is 0.240 e. The molecule has 3 rings (SSSR count). The molecule has 2 aromatic rings. The molecule has 108 valence electrons. The summed E-state index contributed by atoms with van der Waals surface area (Å²) in [4.78, 5) is 14.3. The molecule has 0 radical (unpaired) electrons. The zero-order valence-electron chi connectivity index (χ0n) is 11.1. The summed E-state index contributed by atoms with van der Waals surface area (Å²) < 4.78 is 0. The first kappa shape index (κ1) is 13.5. The summed E-state index contributed by atoms with van der Waals surface area (Å²) >= 11 is 1.59. The molecule has 0 spiro atoms. The van der Waals surface area contributed by atoms with Crippen molar-refractivity contribution in [3.63, 3.8) is 0 Å². The van der Waals surface area contributed by atoms with Crippen LogP contribution in [-0.2, 0) is 0 Å². The van der Waals surface area contributed by atoms with Crippen LogP contribution in [0.1, 0.15) is 0 Å². The van der Waals surface area contributed by atoms with Crippen LogP contribution >= 0.6 is 11.3 Å². The molecule has 2 aromatic heterocycles. The van der Waals surface area contributed by atoms with Crippen LogP contribution in [0, 0.1) is 0 Å². The van der Waals surface area contributed by atoms with Crippen LogP contribution in [0.4, 0.5) is 11.8 Å². The summed E-state index contributed by atoms with van der Waals surface area (Å²) in [6, 6.07) is 2.05. The monoisotopic (exact) mass is 294 g/mol. The lowest BCUT2D eigenvalue weighted by Crippen LogP contribution is -2.47. The first-order valence-electron chi connectivity index (χ1n) is 6.62. The zero-order chi connectivity index (χ0) is 13.9. The Kier molecular flexibility index (Phi) is 3.97. The minimum Gasteiger partial charge on any atom is -0.395 e. The SMILES string of the molecule is NNc1nc(N2CCN(CCO)CC2)c2ccsc2n1. The highest BCUT2D eigenvalue weighted by Crippen LogP contribution is 2.29. The van der Waals surface area contributed by atoms with Crippen LogP contribution in [0.5, 0.6) is 0 Å². The van der Waals surface area contributed by atoms with E-state index in [0.29, 0.717) is 5.95 Å². The molecule has 1 saturated heterocycles. The maximum atomic E-state index is 8.99. The Hall–Kier alpha value is -1.48. The number of nitrogen functional groups attached to an aromatic ring is 1. The average molecular weight is 294 g/mol. The summed E-state index contributed by atoms with van der Waals surface area (Å²) in [5, 5.41) is 12.1. The van der Waals surface area contributed by atoms with Crippen LogP contribution in [0.25, 0.3) is 10.2 Å². The molecule has 1 aliphatic rings. The van der Waals surface area contributed by atoms with Crippen LogP contribution in [0.2, 0.25) is 0 Å². The number of β-amino-alcohol motifs (C(OH)–C–C–N with tert-alkyl or cyclic N) is 1. The highest BCUT2D eigenvalue weighted by Gasteiger charge is 2.20. The van der Waals surface area contributed by atoms with Crippen molar-refractivity contribution >= 4 is 33.3 Å². The number of rotatable bonds is 4. The molecule has 1 fully saturated rings. The Balaban J connectivity index is 1.85. The van der Waals surface area contributed by atoms with Gasteiger partial charge in [0.2, 0.25) is 5.95 Å². The lowest BCUT2D eigenvalue weighted by Gasteiger charge is -2.35. The molecule has 20 heavy (non-hydrogen) atoms. The first-order valence-corrected chi connectivity index (χ1v) is 7.50. The molecule has 1 aliphatic heterocycles. The summed E-state index contributed by atoms with van der Waals surface area (Å²) in [5.74, 6) is 6.83. The highest BCUT2D eigenvalue weighted by molar-refractivity contribution is 7.16. The lowest BCUT2D eigenvalue weighted by atomic mass is 10.2. The lowest BCUT2D eigenvalue weighted by molar-refractivity contribution is 0.188. The van der Waals surface area contributed by atoms with Crippen LogP contribution < -0.4 is 16.2 Å². The molecule has 0 aromatic carbocycles. The minimum atomic E-state index is 0.212. The van der Waals surface area contributed by atoms with Gasteiger partial charge in [0, 0.05) is 32.7 Å². The van der Waals surface area contributed by atoms with Gasteiger partial charge in [0.15, 0.2) is 0 Å². The quantitative estimate of drug-likeness (QED) is 0.544. The summed E-state index contributed by atoms with van der Waals surface area (Å²) in [6.45, 7) is 4.60.